The molecule has 1 fully saturated rings. The van der Waals surface area contributed by atoms with Crippen molar-refractivity contribution in [3.8, 4) is 0 Å². The van der Waals surface area contributed by atoms with Crippen LogP contribution in [0.3, 0.4) is 0 Å². The molecule has 0 spiro atoms. The molecule has 0 aliphatic carbocycles. The molecule has 1 aliphatic heterocycles. The predicted octanol–water partition coefficient (Wildman–Crippen LogP) is 3.05. The molecule has 4 nitrogen and oxygen atoms in total. The Kier molecular flexibility index (Phi) is 5.95. The first-order chi connectivity index (χ1) is 10.5. The lowest BCUT2D eigenvalue weighted by atomic mass is 10.1. The summed E-state index contributed by atoms with van der Waals surface area (Å²) in [6.07, 6.45) is 1.19. The van der Waals surface area contributed by atoms with Crippen molar-refractivity contribution >= 4 is 23.2 Å². The second-order valence-electron chi connectivity index (χ2n) is 6.28. The molecule has 1 atom stereocenters. The maximum Gasteiger partial charge on any atom is 0.191 e. The summed E-state index contributed by atoms with van der Waals surface area (Å²) in [4.78, 5) is 6.69. The monoisotopic (exact) mass is 322 g/mol. The number of rotatable bonds is 4. The minimum atomic E-state index is 0.389. The minimum Gasteiger partial charge on any atom is -0.371 e. The van der Waals surface area contributed by atoms with Gasteiger partial charge in [-0.05, 0) is 50.8 Å². The largest absolute Gasteiger partial charge is 0.371 e. The molecule has 22 heavy (non-hydrogen) atoms. The average Bonchev–Trinajstić information content (AvgIpc) is 2.94. The fraction of sp³-hybridized carbons (Fsp3) is 0.588. The molecular formula is C17H27ClN4. The van der Waals surface area contributed by atoms with E-state index in [0.717, 1.165) is 30.6 Å². The van der Waals surface area contributed by atoms with Gasteiger partial charge in [0.05, 0.1) is 0 Å². The van der Waals surface area contributed by atoms with Crippen LogP contribution in [0.25, 0.3) is 0 Å². The summed E-state index contributed by atoms with van der Waals surface area (Å²) in [5, 5.41) is 7.56. The normalized spacial score (nSPS) is 18.9. The summed E-state index contributed by atoms with van der Waals surface area (Å²) >= 11 is 6.14. The summed E-state index contributed by atoms with van der Waals surface area (Å²) < 4.78 is 0. The Hall–Kier alpha value is -1.42. The standard InChI is InChI=1S/C17H27ClN4/c1-12(2)21-17(19-4)20-10-14-7-8-22(11-14)16-9-15(18)6-5-13(16)3/h5-6,9,12,14H,7-8,10-11H2,1-4H3,(H2,19,20,21). The Labute approximate surface area is 138 Å². The number of hydrogen-bond donors (Lipinski definition) is 2. The van der Waals surface area contributed by atoms with Crippen LogP contribution in [0.2, 0.25) is 5.02 Å². The summed E-state index contributed by atoms with van der Waals surface area (Å²) in [7, 11) is 1.81. The zero-order valence-electron chi connectivity index (χ0n) is 14.0. The lowest BCUT2D eigenvalue weighted by Gasteiger charge is -2.22. The molecule has 5 heteroatoms. The maximum absolute atomic E-state index is 6.14. The first kappa shape index (κ1) is 16.9. The van der Waals surface area contributed by atoms with Gasteiger partial charge in [-0.3, -0.25) is 4.99 Å². The minimum absolute atomic E-state index is 0.389. The van der Waals surface area contributed by atoms with E-state index >= 15 is 0 Å². The Morgan fingerprint density at radius 2 is 2.23 bits per heavy atom. The van der Waals surface area contributed by atoms with Crippen molar-refractivity contribution in [2.45, 2.75) is 33.2 Å². The SMILES string of the molecule is CN=C(NCC1CCN(c2cc(Cl)ccc2C)C1)NC(C)C. The quantitative estimate of drug-likeness (QED) is 0.661. The Balaban J connectivity index is 1.89. The molecule has 0 amide bonds. The van der Waals surface area contributed by atoms with Gasteiger partial charge in [-0.15, -0.1) is 0 Å². The number of nitrogens with zero attached hydrogens (tertiary/aromatic N) is 2. The van der Waals surface area contributed by atoms with Crippen LogP contribution in [0.15, 0.2) is 23.2 Å². The van der Waals surface area contributed by atoms with Gasteiger partial charge in [0, 0.05) is 43.4 Å². The van der Waals surface area contributed by atoms with Crippen molar-refractivity contribution in [3.63, 3.8) is 0 Å². The molecule has 1 aliphatic rings. The smallest absolute Gasteiger partial charge is 0.191 e. The van der Waals surface area contributed by atoms with Crippen molar-refractivity contribution in [3.05, 3.63) is 28.8 Å². The summed E-state index contributed by atoms with van der Waals surface area (Å²) in [5.41, 5.74) is 2.55. The van der Waals surface area contributed by atoms with E-state index in [9.17, 15) is 0 Å². The molecule has 2 rings (SSSR count). The highest BCUT2D eigenvalue weighted by Gasteiger charge is 2.24. The lowest BCUT2D eigenvalue weighted by molar-refractivity contribution is 0.561. The lowest BCUT2D eigenvalue weighted by Crippen LogP contribution is -2.43. The Morgan fingerprint density at radius 3 is 2.91 bits per heavy atom. The van der Waals surface area contributed by atoms with E-state index in [1.807, 2.05) is 13.1 Å². The highest BCUT2D eigenvalue weighted by Crippen LogP contribution is 2.29. The summed E-state index contributed by atoms with van der Waals surface area (Å²) in [6, 6.07) is 6.51. The highest BCUT2D eigenvalue weighted by atomic mass is 35.5. The number of nitrogens with one attached hydrogen (secondary N) is 2. The van der Waals surface area contributed by atoms with E-state index in [0.29, 0.717) is 12.0 Å². The third-order valence-corrected chi connectivity index (χ3v) is 4.24. The van der Waals surface area contributed by atoms with Crippen LogP contribution in [0.1, 0.15) is 25.8 Å². The topological polar surface area (TPSA) is 39.7 Å². The van der Waals surface area contributed by atoms with Gasteiger partial charge in [0.1, 0.15) is 0 Å². The number of hydrogen-bond acceptors (Lipinski definition) is 2. The second-order valence-corrected chi connectivity index (χ2v) is 6.72. The van der Waals surface area contributed by atoms with E-state index in [1.54, 1.807) is 0 Å². The van der Waals surface area contributed by atoms with Crippen molar-refractivity contribution in [1.82, 2.24) is 10.6 Å². The van der Waals surface area contributed by atoms with E-state index in [4.69, 9.17) is 11.6 Å². The third kappa shape index (κ3) is 4.54. The predicted molar refractivity (Wildman–Crippen MR) is 96.1 cm³/mol. The van der Waals surface area contributed by atoms with Crippen LogP contribution in [0.5, 0.6) is 0 Å². The van der Waals surface area contributed by atoms with Crippen molar-refractivity contribution in [2.75, 3.05) is 31.6 Å². The molecule has 1 unspecified atom stereocenters. The van der Waals surface area contributed by atoms with E-state index in [-0.39, 0.29) is 0 Å². The van der Waals surface area contributed by atoms with Crippen molar-refractivity contribution < 1.29 is 0 Å². The first-order valence-electron chi connectivity index (χ1n) is 7.98. The van der Waals surface area contributed by atoms with E-state index < -0.39 is 0 Å². The molecule has 1 aromatic carbocycles. The van der Waals surface area contributed by atoms with Gasteiger partial charge >= 0.3 is 0 Å². The van der Waals surface area contributed by atoms with Crippen LogP contribution in [0, 0.1) is 12.8 Å². The fourth-order valence-electron chi connectivity index (χ4n) is 2.85. The highest BCUT2D eigenvalue weighted by molar-refractivity contribution is 6.30. The Bertz CT molecular complexity index is 527. The van der Waals surface area contributed by atoms with Crippen LogP contribution in [0.4, 0.5) is 5.69 Å². The molecule has 1 saturated heterocycles. The van der Waals surface area contributed by atoms with Gasteiger partial charge in [0.15, 0.2) is 5.96 Å². The number of aryl methyl sites for hydroxylation is 1. The van der Waals surface area contributed by atoms with Gasteiger partial charge in [0.25, 0.3) is 0 Å². The molecule has 1 aromatic rings. The number of benzene rings is 1. The first-order valence-corrected chi connectivity index (χ1v) is 8.35. The number of guanidine groups is 1. The molecule has 122 valence electrons. The van der Waals surface area contributed by atoms with Gasteiger partial charge < -0.3 is 15.5 Å². The number of anilines is 1. The van der Waals surface area contributed by atoms with E-state index in [2.05, 4.69) is 53.4 Å². The molecule has 2 N–H and O–H groups in total. The van der Waals surface area contributed by atoms with Crippen LogP contribution >= 0.6 is 11.6 Å². The molecule has 1 heterocycles. The molecule has 0 aromatic heterocycles. The van der Waals surface area contributed by atoms with Crippen molar-refractivity contribution in [2.24, 2.45) is 10.9 Å². The fourth-order valence-corrected chi connectivity index (χ4v) is 3.02. The van der Waals surface area contributed by atoms with E-state index in [1.165, 1.54) is 17.7 Å². The summed E-state index contributed by atoms with van der Waals surface area (Å²) in [5.74, 6) is 1.51. The van der Waals surface area contributed by atoms with Crippen LogP contribution in [-0.4, -0.2) is 38.7 Å². The number of halogens is 1. The van der Waals surface area contributed by atoms with Gasteiger partial charge in [-0.25, -0.2) is 0 Å². The zero-order chi connectivity index (χ0) is 16.1. The van der Waals surface area contributed by atoms with Gasteiger partial charge in [-0.2, -0.15) is 0 Å². The molecule has 0 saturated carbocycles. The number of aliphatic imine (C=N–C) groups is 1. The molecule has 0 bridgehead atoms. The third-order valence-electron chi connectivity index (χ3n) is 4.00. The molecule has 0 radical (unpaired) electrons. The summed E-state index contributed by atoms with van der Waals surface area (Å²) in [6.45, 7) is 9.48. The zero-order valence-corrected chi connectivity index (χ0v) is 14.7. The van der Waals surface area contributed by atoms with Gasteiger partial charge in [0.2, 0.25) is 0 Å². The van der Waals surface area contributed by atoms with Crippen LogP contribution < -0.4 is 15.5 Å². The molecular weight excluding hydrogens is 296 g/mol. The van der Waals surface area contributed by atoms with Crippen molar-refractivity contribution in [1.29, 1.82) is 0 Å². The average molecular weight is 323 g/mol. The van der Waals surface area contributed by atoms with Crippen LogP contribution in [-0.2, 0) is 0 Å². The second kappa shape index (κ2) is 7.73. The Morgan fingerprint density at radius 1 is 1.45 bits per heavy atom. The maximum atomic E-state index is 6.14. The van der Waals surface area contributed by atoms with Gasteiger partial charge in [-0.1, -0.05) is 17.7 Å².